The minimum atomic E-state index is -1.06. The molecule has 4 saturated carbocycles. The number of primary amides is 1. The molecule has 8 rings (SSSR count). The number of aromatic nitrogens is 8. The number of aliphatic carboxylic acids is 1. The van der Waals surface area contributed by atoms with Crippen LogP contribution in [0.15, 0.2) is 49.1 Å². The normalized spacial score (nSPS) is 18.1. The average molecular weight is 1380 g/mol. The van der Waals surface area contributed by atoms with E-state index in [9.17, 15) is 39.1 Å². The maximum absolute atomic E-state index is 13.3. The van der Waals surface area contributed by atoms with Crippen LogP contribution >= 0.6 is 0 Å². The molecule has 4 aliphatic rings. The van der Waals surface area contributed by atoms with Gasteiger partial charge in [0.1, 0.15) is 22.3 Å². The number of carbonyl (C=O) groups is 6. The Kier molecular flexibility index (Phi) is 30.3. The fraction of sp³-hybridized carbons (Fsp3) is 0.611. The molecule has 0 radical (unpaired) electrons. The zero-order valence-electron chi connectivity index (χ0n) is 61.3. The molecule has 4 heterocycles. The van der Waals surface area contributed by atoms with Crippen molar-refractivity contribution in [2.75, 3.05) is 46.2 Å². The number of aliphatic hydroxyl groups is 1. The summed E-state index contributed by atoms with van der Waals surface area (Å²) < 4.78 is 43.8. The molecule has 4 fully saturated rings. The van der Waals surface area contributed by atoms with E-state index in [0.717, 1.165) is 32.1 Å². The Morgan fingerprint density at radius 3 is 1.13 bits per heavy atom. The molecule has 0 saturated heterocycles. The predicted octanol–water partition coefficient (Wildman–Crippen LogP) is 11.5. The van der Waals surface area contributed by atoms with Gasteiger partial charge in [-0.15, -0.1) is 0 Å². The quantitative estimate of drug-likeness (QED) is 0.0278. The van der Waals surface area contributed by atoms with Crippen molar-refractivity contribution < 1.29 is 72.1 Å². The zero-order chi connectivity index (χ0) is 74.4. The van der Waals surface area contributed by atoms with Crippen molar-refractivity contribution in [2.45, 2.75) is 175 Å². The number of hydrogen-bond acceptors (Lipinski definition) is 20. The van der Waals surface area contributed by atoms with E-state index in [2.05, 4.69) is 37.8 Å². The minimum Gasteiger partial charge on any atom is -0.481 e. The lowest BCUT2D eigenvalue weighted by Gasteiger charge is -2.58. The van der Waals surface area contributed by atoms with Gasteiger partial charge in [0.2, 0.25) is 29.4 Å². The molecule has 544 valence electrons. The van der Waals surface area contributed by atoms with Gasteiger partial charge in [-0.1, -0.05) is 61.5 Å². The number of carboxylic acid groups (broad SMARTS) is 1. The van der Waals surface area contributed by atoms with Crippen LogP contribution < -0.4 is 30.0 Å². The van der Waals surface area contributed by atoms with Crippen molar-refractivity contribution in [3.8, 4) is 35.7 Å². The standard InChI is InChI=1S/C24H34N4O3.C16H25N3O4.C16H23N3O3.C16H24N2O5/c1-15(2)13-31-22-19(12-26-28(22)6-5-23(3,4)14-25)21(29)27-20-17-7-16-8-18(20)11-24(30,9-16)10-17;1-6-22-14(20)12-9-18-19(13(12)23-10-11(2)3)8-7-16(4,5)15(17)21;1-6-21-15(20)13-9-18-19(8-7-16(4,5)11-17)14(13)22-10-12(2)3;1-6-22-14(19)12-9-17-18(13(12)23-10-11(2)3)8-7-16(4,5)15(20)21/h5-6,12,15-18,20,30H,7-11,13H2,1-4H3,(H,27,29);7-9,11H,6,10H2,1-5H3,(H2,17,21);7-9,12H,6,10H2,1-5H3;7-9,11H,6,10H2,1-5H3,(H,20,21)/b6-5+;3*8-7+. The highest BCUT2D eigenvalue weighted by molar-refractivity contribution is 5.97. The number of nitrogens with one attached hydrogen (secondary N) is 1. The Hall–Kier alpha value is -9.24. The number of nitrogens with zero attached hydrogens (tertiary/aromatic N) is 10. The first-order valence-corrected chi connectivity index (χ1v) is 33.8. The number of nitrogens with two attached hydrogens (primary N) is 1. The fourth-order valence-electron chi connectivity index (χ4n) is 10.3. The van der Waals surface area contributed by atoms with Crippen LogP contribution in [0.3, 0.4) is 0 Å². The summed E-state index contributed by atoms with van der Waals surface area (Å²) in [4.78, 5) is 71.7. The molecule has 2 unspecified atom stereocenters. The molecule has 4 aromatic rings. The smallest absolute Gasteiger partial charge is 0.345 e. The largest absolute Gasteiger partial charge is 0.481 e. The predicted molar refractivity (Wildman–Crippen MR) is 372 cm³/mol. The van der Waals surface area contributed by atoms with Crippen LogP contribution in [0.4, 0.5) is 0 Å². The molecule has 4 aliphatic carbocycles. The molecule has 2 atom stereocenters. The molecular weight excluding hydrogens is 1270 g/mol. The second kappa shape index (κ2) is 36.6. The molecule has 0 aromatic carbocycles. The molecule has 99 heavy (non-hydrogen) atoms. The minimum absolute atomic E-state index is 0.0960. The summed E-state index contributed by atoms with van der Waals surface area (Å²) in [5.74, 6) is 0.571. The Morgan fingerprint density at radius 2 is 0.848 bits per heavy atom. The second-order valence-electron chi connectivity index (χ2n) is 28.9. The van der Waals surface area contributed by atoms with Gasteiger partial charge in [-0.2, -0.15) is 30.9 Å². The average Bonchev–Trinajstić information content (AvgIpc) is 1.52. The number of allylic oxidation sites excluding steroid dienone is 2. The van der Waals surface area contributed by atoms with Gasteiger partial charge in [0.25, 0.3) is 5.91 Å². The maximum atomic E-state index is 13.3. The highest BCUT2D eigenvalue weighted by atomic mass is 16.5. The van der Waals surface area contributed by atoms with Crippen LogP contribution in [0.5, 0.6) is 23.5 Å². The van der Waals surface area contributed by atoms with Crippen molar-refractivity contribution in [1.82, 2.24) is 44.4 Å². The Bertz CT molecular complexity index is 3460. The molecule has 0 aliphatic heterocycles. The van der Waals surface area contributed by atoms with Gasteiger partial charge in [0.05, 0.1) is 110 Å². The van der Waals surface area contributed by atoms with E-state index in [1.807, 2.05) is 69.2 Å². The van der Waals surface area contributed by atoms with Gasteiger partial charge >= 0.3 is 23.9 Å². The Labute approximate surface area is 582 Å². The number of ether oxygens (including phenoxy) is 7. The zero-order valence-corrected chi connectivity index (χ0v) is 61.3. The third-order valence-electron chi connectivity index (χ3n) is 15.8. The fourth-order valence-corrected chi connectivity index (χ4v) is 10.3. The van der Waals surface area contributed by atoms with Gasteiger partial charge in [-0.25, -0.2) is 33.1 Å². The Balaban J connectivity index is 0.000000284. The van der Waals surface area contributed by atoms with Crippen molar-refractivity contribution in [1.29, 1.82) is 10.5 Å². The van der Waals surface area contributed by atoms with Gasteiger partial charge in [-0.05, 0) is 168 Å². The molecule has 27 heteroatoms. The number of carboxylic acids is 1. The summed E-state index contributed by atoms with van der Waals surface area (Å²) in [5, 5.41) is 58.2. The number of amides is 2. The van der Waals surface area contributed by atoms with Crippen LogP contribution in [0.25, 0.3) is 24.8 Å². The third kappa shape index (κ3) is 24.6. The number of rotatable bonds is 30. The summed E-state index contributed by atoms with van der Waals surface area (Å²) in [6.45, 7) is 37.5. The van der Waals surface area contributed by atoms with Crippen molar-refractivity contribution >= 4 is 60.5 Å². The van der Waals surface area contributed by atoms with Crippen LogP contribution in [-0.4, -0.2) is 143 Å². The van der Waals surface area contributed by atoms with Crippen LogP contribution in [0, 0.1) is 85.7 Å². The monoisotopic (exact) mass is 1380 g/mol. The maximum Gasteiger partial charge on any atom is 0.345 e. The van der Waals surface area contributed by atoms with Crippen LogP contribution in [0.2, 0.25) is 0 Å². The lowest BCUT2D eigenvalue weighted by molar-refractivity contribution is -0.144. The summed E-state index contributed by atoms with van der Waals surface area (Å²) in [5.41, 5.74) is 2.78. The van der Waals surface area contributed by atoms with Crippen molar-refractivity contribution in [3.63, 3.8) is 0 Å². The van der Waals surface area contributed by atoms with E-state index in [0.29, 0.717) is 73.3 Å². The molecule has 0 spiro atoms. The molecule has 4 bridgehead atoms. The first-order valence-electron chi connectivity index (χ1n) is 33.8. The highest BCUT2D eigenvalue weighted by Crippen LogP contribution is 2.56. The van der Waals surface area contributed by atoms with Crippen LogP contribution in [-0.2, 0) is 23.8 Å². The SMILES string of the molecule is CC(C)COc1c(C(=O)NC2C3CC4CC2CC(O)(C4)C3)cnn1/C=C/C(C)(C)C#N.CCOC(=O)c1cnn(/C=C/C(C)(C)C#N)c1OCC(C)C.CCOC(=O)c1cnn(/C=C/C(C)(C)C(=O)O)c1OCC(C)C.CCOC(=O)c1cnn(/C=C/C(C)(C)C(N)=O)c1OCC(C)C. The van der Waals surface area contributed by atoms with E-state index >= 15 is 0 Å². The second-order valence-corrected chi connectivity index (χ2v) is 28.9. The molecule has 4 aromatic heterocycles. The summed E-state index contributed by atoms with van der Waals surface area (Å²) in [6, 6.07) is 4.50. The van der Waals surface area contributed by atoms with E-state index in [1.54, 1.807) is 105 Å². The van der Waals surface area contributed by atoms with Crippen molar-refractivity contribution in [3.05, 3.63) is 71.3 Å². The topological polar surface area (TPSA) is 364 Å². The van der Waals surface area contributed by atoms with E-state index in [1.165, 1.54) is 49.6 Å². The molecular formula is C72H106N12O15. The third-order valence-corrected chi connectivity index (χ3v) is 15.8. The van der Waals surface area contributed by atoms with E-state index in [4.69, 9.17) is 49.3 Å². The van der Waals surface area contributed by atoms with Gasteiger partial charge < -0.3 is 54.4 Å². The number of nitriles is 2. The lowest BCUT2D eigenvalue weighted by atomic mass is 9.52. The summed E-state index contributed by atoms with van der Waals surface area (Å²) in [6.07, 6.45) is 23.3. The number of carbonyl (C=O) groups excluding carboxylic acids is 5. The Morgan fingerprint density at radius 1 is 0.545 bits per heavy atom. The lowest BCUT2D eigenvalue weighted by Crippen LogP contribution is -2.61. The number of esters is 3. The first-order chi connectivity index (χ1) is 46.3. The highest BCUT2D eigenvalue weighted by Gasteiger charge is 2.55. The van der Waals surface area contributed by atoms with Gasteiger partial charge in [-0.3, -0.25) is 14.4 Å². The first kappa shape index (κ1) is 82.2. The van der Waals surface area contributed by atoms with E-state index < -0.39 is 57.0 Å². The van der Waals surface area contributed by atoms with Gasteiger partial charge in [0.15, 0.2) is 0 Å². The molecule has 27 nitrogen and oxygen atoms in total. The van der Waals surface area contributed by atoms with E-state index in [-0.39, 0.29) is 72.1 Å². The van der Waals surface area contributed by atoms with Gasteiger partial charge in [0, 0.05) is 30.8 Å². The summed E-state index contributed by atoms with van der Waals surface area (Å²) >= 11 is 0. The molecule has 2 amide bonds. The van der Waals surface area contributed by atoms with Crippen molar-refractivity contribution in [2.24, 2.45) is 68.8 Å². The molecule has 5 N–H and O–H groups in total. The number of hydrogen-bond donors (Lipinski definition) is 4. The summed E-state index contributed by atoms with van der Waals surface area (Å²) in [7, 11) is 0. The van der Waals surface area contributed by atoms with Crippen LogP contribution in [0.1, 0.15) is 205 Å².